The van der Waals surface area contributed by atoms with Crippen LogP contribution in [0.5, 0.6) is 23.1 Å². The minimum Gasteiger partial charge on any atom is -0.493 e. The molecule has 120 valence electrons. The third-order valence-corrected chi connectivity index (χ3v) is 3.29. The van der Waals surface area contributed by atoms with E-state index in [0.717, 1.165) is 0 Å². The first-order valence-corrected chi connectivity index (χ1v) is 7.00. The number of aromatic nitrogens is 1. The first-order chi connectivity index (χ1) is 11.2. The molecule has 0 unspecified atom stereocenters. The zero-order valence-electron chi connectivity index (χ0n) is 12.8. The number of carbonyl (C=O) groups is 1. The molecule has 1 amide bonds. The van der Waals surface area contributed by atoms with Gasteiger partial charge in [0.2, 0.25) is 11.6 Å². The predicted octanol–water partition coefficient (Wildman–Crippen LogP) is 2.12. The number of fused-ring (bicyclic) bond motifs is 1. The molecule has 0 fully saturated rings. The highest BCUT2D eigenvalue weighted by atomic mass is 16.6. The predicted molar refractivity (Wildman–Crippen MR) is 82.7 cm³/mol. The van der Waals surface area contributed by atoms with Crippen molar-refractivity contribution in [1.29, 1.82) is 0 Å². The van der Waals surface area contributed by atoms with Gasteiger partial charge in [-0.3, -0.25) is 4.79 Å². The van der Waals surface area contributed by atoms with Crippen molar-refractivity contribution in [2.75, 3.05) is 32.8 Å². The van der Waals surface area contributed by atoms with E-state index < -0.39 is 0 Å². The molecule has 1 aliphatic rings. The Morgan fingerprint density at radius 2 is 2.00 bits per heavy atom. The van der Waals surface area contributed by atoms with E-state index in [1.807, 2.05) is 0 Å². The smallest absolute Gasteiger partial charge is 0.255 e. The Labute approximate surface area is 133 Å². The van der Waals surface area contributed by atoms with Gasteiger partial charge >= 0.3 is 0 Å². The minimum atomic E-state index is -0.299. The van der Waals surface area contributed by atoms with Crippen molar-refractivity contribution in [3.05, 3.63) is 36.0 Å². The Balaban J connectivity index is 1.83. The van der Waals surface area contributed by atoms with Gasteiger partial charge in [0.25, 0.3) is 5.91 Å². The summed E-state index contributed by atoms with van der Waals surface area (Å²) in [6.07, 6.45) is 1.52. The summed E-state index contributed by atoms with van der Waals surface area (Å²) in [5.41, 5.74) is 0.964. The van der Waals surface area contributed by atoms with E-state index in [9.17, 15) is 4.79 Å². The van der Waals surface area contributed by atoms with E-state index in [0.29, 0.717) is 47.6 Å². The van der Waals surface area contributed by atoms with Crippen LogP contribution >= 0.6 is 0 Å². The summed E-state index contributed by atoms with van der Waals surface area (Å²) in [4.78, 5) is 16.4. The van der Waals surface area contributed by atoms with Gasteiger partial charge in [0.1, 0.15) is 13.2 Å². The number of hydrogen-bond acceptors (Lipinski definition) is 6. The maximum atomic E-state index is 12.4. The van der Waals surface area contributed by atoms with Gasteiger partial charge in [-0.05, 0) is 18.2 Å². The zero-order chi connectivity index (χ0) is 16.2. The van der Waals surface area contributed by atoms with Crippen LogP contribution in [0.4, 0.5) is 5.69 Å². The first kappa shape index (κ1) is 15.0. The van der Waals surface area contributed by atoms with E-state index in [2.05, 4.69) is 10.3 Å². The lowest BCUT2D eigenvalue weighted by atomic mass is 10.1. The molecule has 0 aliphatic carbocycles. The molecule has 0 saturated carbocycles. The summed E-state index contributed by atoms with van der Waals surface area (Å²) in [6.45, 7) is 0.885. The Morgan fingerprint density at radius 1 is 1.17 bits per heavy atom. The number of ether oxygens (including phenoxy) is 4. The lowest BCUT2D eigenvalue weighted by Gasteiger charge is -2.21. The molecule has 1 aliphatic heterocycles. The number of hydrogen-bond donors (Lipinski definition) is 1. The maximum absolute atomic E-state index is 12.4. The molecule has 1 aromatic heterocycles. The fourth-order valence-corrected chi connectivity index (χ4v) is 2.18. The Kier molecular flexibility index (Phi) is 4.18. The number of nitrogens with one attached hydrogen (secondary N) is 1. The summed E-state index contributed by atoms with van der Waals surface area (Å²) in [5, 5.41) is 2.76. The maximum Gasteiger partial charge on any atom is 0.255 e. The molecule has 0 spiro atoms. The van der Waals surface area contributed by atoms with Gasteiger partial charge in [-0.25, -0.2) is 4.98 Å². The van der Waals surface area contributed by atoms with Crippen LogP contribution in [0, 0.1) is 0 Å². The molecular formula is C16H16N2O5. The van der Waals surface area contributed by atoms with Crippen LogP contribution < -0.4 is 24.3 Å². The minimum absolute atomic E-state index is 0.299. The molecule has 0 radical (unpaired) electrons. The van der Waals surface area contributed by atoms with E-state index in [4.69, 9.17) is 18.9 Å². The third-order valence-electron chi connectivity index (χ3n) is 3.29. The number of anilines is 1. The van der Waals surface area contributed by atoms with Crippen molar-refractivity contribution in [3.8, 4) is 23.1 Å². The topological polar surface area (TPSA) is 78.9 Å². The molecule has 7 nitrogen and oxygen atoms in total. The molecule has 7 heteroatoms. The lowest BCUT2D eigenvalue weighted by Crippen LogP contribution is -2.18. The molecule has 23 heavy (non-hydrogen) atoms. The van der Waals surface area contributed by atoms with Gasteiger partial charge in [0.05, 0.1) is 26.1 Å². The third kappa shape index (κ3) is 3.13. The molecule has 2 heterocycles. The second kappa shape index (κ2) is 6.43. The Morgan fingerprint density at radius 3 is 2.70 bits per heavy atom. The second-order valence-electron chi connectivity index (χ2n) is 4.75. The quantitative estimate of drug-likeness (QED) is 0.931. The molecule has 2 aromatic rings. The monoisotopic (exact) mass is 316 g/mol. The van der Waals surface area contributed by atoms with Crippen LogP contribution in [-0.2, 0) is 0 Å². The summed E-state index contributed by atoms with van der Waals surface area (Å²) >= 11 is 0. The summed E-state index contributed by atoms with van der Waals surface area (Å²) in [6, 6.07) is 6.61. The van der Waals surface area contributed by atoms with Gasteiger partial charge in [0, 0.05) is 11.6 Å². The summed E-state index contributed by atoms with van der Waals surface area (Å²) in [5.74, 6) is 1.64. The van der Waals surface area contributed by atoms with Gasteiger partial charge in [-0.2, -0.15) is 0 Å². The van der Waals surface area contributed by atoms with Crippen molar-refractivity contribution in [2.24, 2.45) is 0 Å². The van der Waals surface area contributed by atoms with E-state index in [-0.39, 0.29) is 5.91 Å². The number of nitrogens with zero attached hydrogens (tertiary/aromatic N) is 1. The average molecular weight is 316 g/mol. The molecule has 1 N–H and O–H groups in total. The number of benzene rings is 1. The largest absolute Gasteiger partial charge is 0.493 e. The lowest BCUT2D eigenvalue weighted by molar-refractivity contribution is 0.102. The molecule has 3 rings (SSSR count). The molecular weight excluding hydrogens is 300 g/mol. The number of amides is 1. The number of methoxy groups -OCH3 is 2. The van der Waals surface area contributed by atoms with Crippen LogP contribution in [0.25, 0.3) is 0 Å². The molecule has 0 saturated heterocycles. The van der Waals surface area contributed by atoms with Gasteiger partial charge in [-0.1, -0.05) is 0 Å². The van der Waals surface area contributed by atoms with Crippen LogP contribution in [0.15, 0.2) is 30.5 Å². The number of carbonyl (C=O) groups excluding carboxylic acids is 1. The fraction of sp³-hybridized carbons (Fsp3) is 0.250. The van der Waals surface area contributed by atoms with Crippen molar-refractivity contribution >= 4 is 11.6 Å². The number of rotatable bonds is 4. The van der Waals surface area contributed by atoms with Crippen molar-refractivity contribution in [2.45, 2.75) is 0 Å². The fourth-order valence-electron chi connectivity index (χ4n) is 2.18. The van der Waals surface area contributed by atoms with Crippen molar-refractivity contribution in [3.63, 3.8) is 0 Å². The van der Waals surface area contributed by atoms with Gasteiger partial charge < -0.3 is 24.3 Å². The summed E-state index contributed by atoms with van der Waals surface area (Å²) in [7, 11) is 3.05. The van der Waals surface area contributed by atoms with E-state index in [1.54, 1.807) is 24.3 Å². The Hall–Kier alpha value is -2.96. The highest BCUT2D eigenvalue weighted by Crippen LogP contribution is 2.40. The molecule has 0 atom stereocenters. The van der Waals surface area contributed by atoms with Crippen LogP contribution in [-0.4, -0.2) is 38.3 Å². The highest BCUT2D eigenvalue weighted by molar-refractivity contribution is 6.05. The zero-order valence-corrected chi connectivity index (χ0v) is 12.8. The standard InChI is InChI=1S/C16H16N2O5/c1-20-12-7-10(8-13-15(12)23-6-5-22-13)16(19)18-11-3-4-14(21-2)17-9-11/h3-4,7-9H,5-6H2,1-2H3,(H,18,19). The van der Waals surface area contributed by atoms with Crippen LogP contribution in [0.1, 0.15) is 10.4 Å². The summed E-state index contributed by atoms with van der Waals surface area (Å²) < 4.78 is 21.3. The SMILES string of the molecule is COc1ccc(NC(=O)c2cc(OC)c3c(c2)OCCO3)cn1. The molecule has 0 bridgehead atoms. The second-order valence-corrected chi connectivity index (χ2v) is 4.75. The highest BCUT2D eigenvalue weighted by Gasteiger charge is 2.21. The first-order valence-electron chi connectivity index (χ1n) is 7.00. The van der Waals surface area contributed by atoms with Crippen LogP contribution in [0.3, 0.4) is 0 Å². The van der Waals surface area contributed by atoms with Gasteiger partial charge in [-0.15, -0.1) is 0 Å². The normalized spacial score (nSPS) is 12.4. The van der Waals surface area contributed by atoms with Crippen molar-refractivity contribution < 1.29 is 23.7 Å². The Bertz CT molecular complexity index is 698. The average Bonchev–Trinajstić information content (AvgIpc) is 2.61. The van der Waals surface area contributed by atoms with E-state index >= 15 is 0 Å². The number of pyridine rings is 1. The van der Waals surface area contributed by atoms with Crippen molar-refractivity contribution in [1.82, 2.24) is 4.98 Å². The molecule has 1 aromatic carbocycles. The van der Waals surface area contributed by atoms with Gasteiger partial charge in [0.15, 0.2) is 11.5 Å². The van der Waals surface area contributed by atoms with Crippen LogP contribution in [0.2, 0.25) is 0 Å². The van der Waals surface area contributed by atoms with E-state index in [1.165, 1.54) is 20.4 Å².